The average Bonchev–Trinajstić information content (AvgIpc) is 2.81. The number of hydrogen-bond donors (Lipinski definition) is 1. The van der Waals surface area contributed by atoms with Crippen molar-refractivity contribution < 1.29 is 4.79 Å². The summed E-state index contributed by atoms with van der Waals surface area (Å²) in [5, 5.41) is 0.644. The molecule has 4 heteroatoms. The van der Waals surface area contributed by atoms with Gasteiger partial charge in [0, 0.05) is 10.6 Å². The summed E-state index contributed by atoms with van der Waals surface area (Å²) < 4.78 is 0. The fourth-order valence-corrected chi connectivity index (χ4v) is 2.46. The van der Waals surface area contributed by atoms with Crippen molar-refractivity contribution in [2.24, 2.45) is 11.7 Å². The van der Waals surface area contributed by atoms with Crippen LogP contribution in [0.25, 0.3) is 0 Å². The molecule has 1 saturated carbocycles. The van der Waals surface area contributed by atoms with Crippen LogP contribution in [0.15, 0.2) is 24.3 Å². The van der Waals surface area contributed by atoms with E-state index in [1.807, 2.05) is 0 Å². The lowest BCUT2D eigenvalue weighted by Crippen LogP contribution is -2.36. The van der Waals surface area contributed by atoms with Crippen LogP contribution in [-0.2, 0) is 0 Å². The molecular formula is C13H17Cl2NO. The lowest BCUT2D eigenvalue weighted by atomic mass is 9.92. The second-order valence-electron chi connectivity index (χ2n) is 4.44. The molecule has 0 heterocycles. The fourth-order valence-electron chi connectivity index (χ4n) is 2.34. The first kappa shape index (κ1) is 14.5. The van der Waals surface area contributed by atoms with Gasteiger partial charge in [0.2, 0.25) is 0 Å². The van der Waals surface area contributed by atoms with Gasteiger partial charge in [-0.25, -0.2) is 0 Å². The lowest BCUT2D eigenvalue weighted by Gasteiger charge is -2.17. The molecule has 1 unspecified atom stereocenters. The van der Waals surface area contributed by atoms with E-state index >= 15 is 0 Å². The van der Waals surface area contributed by atoms with Crippen molar-refractivity contribution in [3.8, 4) is 0 Å². The van der Waals surface area contributed by atoms with E-state index < -0.39 is 0 Å². The van der Waals surface area contributed by atoms with Crippen LogP contribution >= 0.6 is 24.0 Å². The second kappa shape index (κ2) is 6.39. The maximum atomic E-state index is 12.1. The zero-order valence-electron chi connectivity index (χ0n) is 9.56. The van der Waals surface area contributed by atoms with Crippen LogP contribution in [0.1, 0.15) is 36.0 Å². The van der Waals surface area contributed by atoms with E-state index in [9.17, 15) is 4.79 Å². The summed E-state index contributed by atoms with van der Waals surface area (Å²) in [6.07, 6.45) is 4.57. The highest BCUT2D eigenvalue weighted by molar-refractivity contribution is 6.30. The molecule has 0 spiro atoms. The first-order valence-electron chi connectivity index (χ1n) is 5.74. The van der Waals surface area contributed by atoms with E-state index in [0.29, 0.717) is 16.5 Å². The molecule has 2 N–H and O–H groups in total. The molecule has 1 aliphatic carbocycles. The van der Waals surface area contributed by atoms with Crippen molar-refractivity contribution in [3.05, 3.63) is 34.9 Å². The van der Waals surface area contributed by atoms with Gasteiger partial charge >= 0.3 is 0 Å². The minimum absolute atomic E-state index is 0. The zero-order valence-corrected chi connectivity index (χ0v) is 11.1. The van der Waals surface area contributed by atoms with Crippen LogP contribution in [-0.4, -0.2) is 11.8 Å². The van der Waals surface area contributed by atoms with Crippen molar-refractivity contribution in [1.29, 1.82) is 0 Å². The molecule has 0 saturated heterocycles. The van der Waals surface area contributed by atoms with Gasteiger partial charge in [0.25, 0.3) is 0 Å². The quantitative estimate of drug-likeness (QED) is 0.858. The topological polar surface area (TPSA) is 43.1 Å². The smallest absolute Gasteiger partial charge is 0.179 e. The number of Topliss-reactive ketones (excluding diaryl/α,β-unsaturated/α-hetero) is 1. The number of carbonyl (C=O) groups is 1. The minimum Gasteiger partial charge on any atom is -0.321 e. The standard InChI is InChI=1S/C13H16ClNO.ClH/c14-11-7-5-10(6-8-11)13(16)12(15)9-3-1-2-4-9;/h5-9,12H,1-4,15H2;1H. The SMILES string of the molecule is Cl.NC(C(=O)c1ccc(Cl)cc1)C1CCCC1. The van der Waals surface area contributed by atoms with E-state index in [1.165, 1.54) is 12.8 Å². The molecule has 0 bridgehead atoms. The summed E-state index contributed by atoms with van der Waals surface area (Å²) in [5.41, 5.74) is 6.68. The Morgan fingerprint density at radius 1 is 1.24 bits per heavy atom. The number of nitrogens with two attached hydrogens (primary N) is 1. The molecule has 17 heavy (non-hydrogen) atoms. The van der Waals surface area contributed by atoms with Crippen molar-refractivity contribution >= 4 is 29.8 Å². The van der Waals surface area contributed by atoms with Crippen LogP contribution in [0, 0.1) is 5.92 Å². The molecule has 0 radical (unpaired) electrons. The molecular weight excluding hydrogens is 257 g/mol. The van der Waals surface area contributed by atoms with Crippen LogP contribution in [0.4, 0.5) is 0 Å². The van der Waals surface area contributed by atoms with E-state index in [0.717, 1.165) is 12.8 Å². The molecule has 0 aliphatic heterocycles. The highest BCUT2D eigenvalue weighted by Gasteiger charge is 2.27. The van der Waals surface area contributed by atoms with Crippen LogP contribution in [0.3, 0.4) is 0 Å². The van der Waals surface area contributed by atoms with Crippen molar-refractivity contribution in [1.82, 2.24) is 0 Å². The van der Waals surface area contributed by atoms with Gasteiger partial charge in [0.05, 0.1) is 6.04 Å². The van der Waals surface area contributed by atoms with E-state index in [4.69, 9.17) is 17.3 Å². The van der Waals surface area contributed by atoms with Gasteiger partial charge in [0.1, 0.15) is 0 Å². The van der Waals surface area contributed by atoms with Gasteiger partial charge in [-0.05, 0) is 43.0 Å². The highest BCUT2D eigenvalue weighted by Crippen LogP contribution is 2.28. The van der Waals surface area contributed by atoms with Crippen molar-refractivity contribution in [3.63, 3.8) is 0 Å². The normalized spacial score (nSPS) is 17.5. The summed E-state index contributed by atoms with van der Waals surface area (Å²) in [5.74, 6) is 0.409. The molecule has 0 amide bonds. The molecule has 2 nitrogen and oxygen atoms in total. The predicted molar refractivity (Wildman–Crippen MR) is 73.0 cm³/mol. The Balaban J connectivity index is 0.00000144. The number of rotatable bonds is 3. The average molecular weight is 274 g/mol. The van der Waals surface area contributed by atoms with Gasteiger partial charge < -0.3 is 5.73 Å². The summed E-state index contributed by atoms with van der Waals surface area (Å²) in [4.78, 5) is 12.1. The second-order valence-corrected chi connectivity index (χ2v) is 4.88. The molecule has 1 fully saturated rings. The predicted octanol–water partition coefficient (Wildman–Crippen LogP) is 3.46. The Morgan fingerprint density at radius 3 is 2.29 bits per heavy atom. The monoisotopic (exact) mass is 273 g/mol. The molecule has 1 aromatic carbocycles. The van der Waals surface area contributed by atoms with Crippen LogP contribution in [0.2, 0.25) is 5.02 Å². The van der Waals surface area contributed by atoms with Gasteiger partial charge in [-0.1, -0.05) is 24.4 Å². The maximum absolute atomic E-state index is 12.1. The Kier molecular flexibility index (Phi) is 5.44. The lowest BCUT2D eigenvalue weighted by molar-refractivity contribution is 0.0933. The third kappa shape index (κ3) is 3.44. The zero-order chi connectivity index (χ0) is 11.5. The number of halogens is 2. The minimum atomic E-state index is -0.344. The Morgan fingerprint density at radius 2 is 1.76 bits per heavy atom. The Hall–Kier alpha value is -0.570. The highest BCUT2D eigenvalue weighted by atomic mass is 35.5. The van der Waals surface area contributed by atoms with Crippen molar-refractivity contribution in [2.45, 2.75) is 31.7 Å². The fraction of sp³-hybridized carbons (Fsp3) is 0.462. The van der Waals surface area contributed by atoms with Crippen LogP contribution < -0.4 is 5.73 Å². The molecule has 94 valence electrons. The molecule has 1 aromatic rings. The number of benzene rings is 1. The maximum Gasteiger partial charge on any atom is 0.179 e. The third-order valence-corrected chi connectivity index (χ3v) is 3.59. The van der Waals surface area contributed by atoms with Gasteiger partial charge in [-0.2, -0.15) is 0 Å². The summed E-state index contributed by atoms with van der Waals surface area (Å²) in [6.45, 7) is 0. The first-order chi connectivity index (χ1) is 7.68. The Bertz CT molecular complexity index is 372. The molecule has 1 atom stereocenters. The van der Waals surface area contributed by atoms with Gasteiger partial charge in [-0.15, -0.1) is 12.4 Å². The first-order valence-corrected chi connectivity index (χ1v) is 6.11. The van der Waals surface area contributed by atoms with Crippen LogP contribution in [0.5, 0.6) is 0 Å². The van der Waals surface area contributed by atoms with Gasteiger partial charge in [0.15, 0.2) is 5.78 Å². The summed E-state index contributed by atoms with van der Waals surface area (Å²) in [7, 11) is 0. The van der Waals surface area contributed by atoms with Crippen molar-refractivity contribution in [2.75, 3.05) is 0 Å². The Labute approximate surface area is 113 Å². The van der Waals surface area contributed by atoms with E-state index in [2.05, 4.69) is 0 Å². The van der Waals surface area contributed by atoms with Gasteiger partial charge in [-0.3, -0.25) is 4.79 Å². The molecule has 0 aromatic heterocycles. The summed E-state index contributed by atoms with van der Waals surface area (Å²) >= 11 is 5.78. The number of hydrogen-bond acceptors (Lipinski definition) is 2. The molecule has 2 rings (SSSR count). The van der Waals surface area contributed by atoms with E-state index in [1.54, 1.807) is 24.3 Å². The third-order valence-electron chi connectivity index (χ3n) is 3.34. The van der Waals surface area contributed by atoms with E-state index in [-0.39, 0.29) is 24.2 Å². The number of carbonyl (C=O) groups excluding carboxylic acids is 1. The summed E-state index contributed by atoms with van der Waals surface area (Å²) in [6, 6.07) is 6.62. The number of ketones is 1. The molecule has 1 aliphatic rings. The largest absolute Gasteiger partial charge is 0.321 e.